The van der Waals surface area contributed by atoms with Crippen LogP contribution in [0, 0.1) is 0 Å². The molecule has 0 bridgehead atoms. The van der Waals surface area contributed by atoms with Crippen LogP contribution >= 0.6 is 0 Å². The van der Waals surface area contributed by atoms with E-state index >= 15 is 0 Å². The van der Waals surface area contributed by atoms with E-state index in [1.807, 2.05) is 50.7 Å². The van der Waals surface area contributed by atoms with Crippen molar-refractivity contribution in [3.8, 4) is 16.9 Å². The van der Waals surface area contributed by atoms with Gasteiger partial charge in [-0.1, -0.05) is 18.2 Å². The second kappa shape index (κ2) is 7.95. The molecule has 0 unspecified atom stereocenters. The number of aryl methyl sites for hydroxylation is 1. The van der Waals surface area contributed by atoms with E-state index in [2.05, 4.69) is 34.1 Å². The Hall–Kier alpha value is -3.12. The molecular formula is C24H28N4O2. The fourth-order valence-electron chi connectivity index (χ4n) is 3.78. The summed E-state index contributed by atoms with van der Waals surface area (Å²) in [5.74, 6) is 0.863. The Morgan fingerprint density at radius 1 is 1.07 bits per heavy atom. The van der Waals surface area contributed by atoms with Crippen LogP contribution in [0.25, 0.3) is 33.1 Å². The summed E-state index contributed by atoms with van der Waals surface area (Å²) in [6, 6.07) is 14.4. The lowest BCUT2D eigenvalue weighted by Crippen LogP contribution is -2.23. The maximum Gasteiger partial charge on any atom is 0.329 e. The van der Waals surface area contributed by atoms with Crippen LogP contribution in [0.3, 0.4) is 0 Å². The van der Waals surface area contributed by atoms with Gasteiger partial charge in [0.25, 0.3) is 0 Å². The zero-order chi connectivity index (χ0) is 21.4. The smallest absolute Gasteiger partial charge is 0.329 e. The highest BCUT2D eigenvalue weighted by Gasteiger charge is 2.17. The molecule has 0 aliphatic heterocycles. The van der Waals surface area contributed by atoms with E-state index < -0.39 is 0 Å². The molecule has 0 spiro atoms. The number of aromatic nitrogens is 3. The molecule has 0 aliphatic carbocycles. The lowest BCUT2D eigenvalue weighted by Gasteiger charge is -2.12. The Bertz CT molecular complexity index is 1250. The molecule has 4 aromatic rings. The summed E-state index contributed by atoms with van der Waals surface area (Å²) in [6.45, 7) is 5.61. The number of nitrogens with zero attached hydrogens (tertiary/aromatic N) is 4. The van der Waals surface area contributed by atoms with Crippen molar-refractivity contribution in [2.24, 2.45) is 7.05 Å². The van der Waals surface area contributed by atoms with Gasteiger partial charge < -0.3 is 9.64 Å². The fraction of sp³-hybridized carbons (Fsp3) is 0.333. The second-order valence-corrected chi connectivity index (χ2v) is 8.21. The number of ether oxygens (including phenoxy) is 1. The molecule has 0 saturated carbocycles. The van der Waals surface area contributed by atoms with E-state index in [0.717, 1.165) is 45.4 Å². The lowest BCUT2D eigenvalue weighted by atomic mass is 10.0. The lowest BCUT2D eigenvalue weighted by molar-refractivity contribution is 0.261. The van der Waals surface area contributed by atoms with Crippen LogP contribution in [0.1, 0.15) is 19.9 Å². The number of fused-ring (bicyclic) bond motifs is 3. The van der Waals surface area contributed by atoms with Crippen LogP contribution < -0.4 is 10.4 Å². The quantitative estimate of drug-likeness (QED) is 0.486. The minimum absolute atomic E-state index is 0.0149. The van der Waals surface area contributed by atoms with Gasteiger partial charge in [-0.25, -0.2) is 4.79 Å². The van der Waals surface area contributed by atoms with Crippen molar-refractivity contribution >= 4 is 21.9 Å². The van der Waals surface area contributed by atoms with Gasteiger partial charge in [-0.3, -0.25) is 14.1 Å². The average molecular weight is 405 g/mol. The van der Waals surface area contributed by atoms with Gasteiger partial charge in [-0.05, 0) is 63.3 Å². The highest BCUT2D eigenvalue weighted by atomic mass is 16.5. The molecule has 0 atom stereocenters. The van der Waals surface area contributed by atoms with Crippen molar-refractivity contribution in [2.45, 2.75) is 19.9 Å². The molecule has 0 saturated heterocycles. The molecule has 6 nitrogen and oxygen atoms in total. The van der Waals surface area contributed by atoms with Crippen molar-refractivity contribution in [1.82, 2.24) is 19.0 Å². The molecule has 0 aliphatic rings. The summed E-state index contributed by atoms with van der Waals surface area (Å²) in [7, 11) is 5.86. The van der Waals surface area contributed by atoms with Gasteiger partial charge in [0.2, 0.25) is 0 Å². The molecule has 2 aromatic carbocycles. The predicted molar refractivity (Wildman–Crippen MR) is 122 cm³/mol. The maximum atomic E-state index is 12.8. The first kappa shape index (κ1) is 20.2. The summed E-state index contributed by atoms with van der Waals surface area (Å²) in [4.78, 5) is 19.5. The summed E-state index contributed by atoms with van der Waals surface area (Å²) in [5, 5.41) is 0.989. The summed E-state index contributed by atoms with van der Waals surface area (Å²) in [6.07, 6.45) is 1.79. The second-order valence-electron chi connectivity index (χ2n) is 8.21. The Kier molecular flexibility index (Phi) is 5.35. The molecule has 0 fully saturated rings. The monoisotopic (exact) mass is 404 g/mol. The number of hydrogen-bond acceptors (Lipinski definition) is 4. The van der Waals surface area contributed by atoms with E-state index in [-0.39, 0.29) is 11.7 Å². The Morgan fingerprint density at radius 2 is 1.77 bits per heavy atom. The molecular weight excluding hydrogens is 376 g/mol. The molecule has 0 amide bonds. The summed E-state index contributed by atoms with van der Waals surface area (Å²) < 4.78 is 9.33. The zero-order valence-electron chi connectivity index (χ0n) is 18.2. The number of hydrogen-bond donors (Lipinski definition) is 0. The standard InChI is InChI=1S/C24H28N4O2/c1-16(2)28-23-20-14-18(8-11-21(20)25-15-22(23)27(5)24(28)29)17-6-9-19(10-7-17)30-13-12-26(3)4/h6-11,14-16H,12-13H2,1-5H3. The average Bonchev–Trinajstić information content (AvgIpc) is 2.99. The number of rotatable bonds is 6. The van der Waals surface area contributed by atoms with Crippen LogP contribution in [0.15, 0.2) is 53.5 Å². The Balaban J connectivity index is 1.77. The molecule has 0 radical (unpaired) electrons. The van der Waals surface area contributed by atoms with Gasteiger partial charge in [-0.15, -0.1) is 0 Å². The van der Waals surface area contributed by atoms with Crippen molar-refractivity contribution < 1.29 is 4.74 Å². The van der Waals surface area contributed by atoms with Crippen LogP contribution in [0.4, 0.5) is 0 Å². The van der Waals surface area contributed by atoms with Crippen molar-refractivity contribution in [3.05, 3.63) is 59.1 Å². The topological polar surface area (TPSA) is 52.3 Å². The van der Waals surface area contributed by atoms with Crippen molar-refractivity contribution in [1.29, 1.82) is 0 Å². The number of pyridine rings is 1. The minimum Gasteiger partial charge on any atom is -0.492 e. The van der Waals surface area contributed by atoms with Crippen LogP contribution in [-0.2, 0) is 7.05 Å². The van der Waals surface area contributed by atoms with Crippen molar-refractivity contribution in [3.63, 3.8) is 0 Å². The molecule has 4 rings (SSSR count). The SMILES string of the molecule is CC(C)n1c(=O)n(C)c2cnc3ccc(-c4ccc(OCCN(C)C)cc4)cc3c21. The molecule has 30 heavy (non-hydrogen) atoms. The van der Waals surface area contributed by atoms with E-state index in [4.69, 9.17) is 4.74 Å². The van der Waals surface area contributed by atoms with E-state index in [1.165, 1.54) is 0 Å². The molecule has 2 aromatic heterocycles. The third kappa shape index (κ3) is 3.59. The first-order valence-electron chi connectivity index (χ1n) is 10.2. The predicted octanol–water partition coefficient (Wildman–Crippen LogP) is 4.08. The van der Waals surface area contributed by atoms with Gasteiger partial charge in [-0.2, -0.15) is 0 Å². The zero-order valence-corrected chi connectivity index (χ0v) is 18.2. The van der Waals surface area contributed by atoms with Gasteiger partial charge in [0.05, 0.1) is 22.7 Å². The Morgan fingerprint density at radius 3 is 2.43 bits per heavy atom. The van der Waals surface area contributed by atoms with Gasteiger partial charge in [0.1, 0.15) is 12.4 Å². The number of benzene rings is 2. The molecule has 6 heteroatoms. The highest BCUT2D eigenvalue weighted by molar-refractivity contribution is 6.04. The third-order valence-electron chi connectivity index (χ3n) is 5.43. The molecule has 0 N–H and O–H groups in total. The normalized spacial score (nSPS) is 11.8. The molecule has 156 valence electrons. The number of likely N-dealkylation sites (N-methyl/N-ethyl adjacent to an activating group) is 1. The third-order valence-corrected chi connectivity index (χ3v) is 5.43. The largest absolute Gasteiger partial charge is 0.492 e. The van der Waals surface area contributed by atoms with Crippen LogP contribution in [-0.4, -0.2) is 46.3 Å². The van der Waals surface area contributed by atoms with Gasteiger partial charge in [0.15, 0.2) is 0 Å². The first-order chi connectivity index (χ1) is 14.4. The first-order valence-corrected chi connectivity index (χ1v) is 10.2. The van der Waals surface area contributed by atoms with Gasteiger partial charge in [0, 0.05) is 25.0 Å². The minimum atomic E-state index is -0.0149. The van der Waals surface area contributed by atoms with Crippen LogP contribution in [0.2, 0.25) is 0 Å². The van der Waals surface area contributed by atoms with E-state index in [1.54, 1.807) is 17.8 Å². The Labute approximate surface area is 176 Å². The molecule has 2 heterocycles. The maximum absolute atomic E-state index is 12.8. The highest BCUT2D eigenvalue weighted by Crippen LogP contribution is 2.30. The van der Waals surface area contributed by atoms with Gasteiger partial charge >= 0.3 is 5.69 Å². The van der Waals surface area contributed by atoms with Crippen LogP contribution in [0.5, 0.6) is 5.75 Å². The fourth-order valence-corrected chi connectivity index (χ4v) is 3.78. The number of imidazole rings is 1. The summed E-state index contributed by atoms with van der Waals surface area (Å²) >= 11 is 0. The summed E-state index contributed by atoms with van der Waals surface area (Å²) in [5.41, 5.74) is 4.84. The van der Waals surface area contributed by atoms with Crippen molar-refractivity contribution in [2.75, 3.05) is 27.2 Å². The van der Waals surface area contributed by atoms with E-state index in [9.17, 15) is 4.79 Å². The van der Waals surface area contributed by atoms with E-state index in [0.29, 0.717) is 6.61 Å².